The van der Waals surface area contributed by atoms with Gasteiger partial charge in [0.05, 0.1) is 0 Å². The standard InChI is InChI=1S/C15H27N3/c1-7-15(5,12-17-14(2,3)4)9-8-13-16-10-11-18(13)6/h7,10-11,17H,1,8-9,12H2,2-6H3. The molecule has 1 rings (SSSR count). The molecule has 0 bridgehead atoms. The fourth-order valence-electron chi connectivity index (χ4n) is 1.76. The molecule has 0 amide bonds. The average molecular weight is 249 g/mol. The van der Waals surface area contributed by atoms with Crippen molar-refractivity contribution < 1.29 is 0 Å². The molecule has 3 heteroatoms. The van der Waals surface area contributed by atoms with Crippen LogP contribution in [0.4, 0.5) is 0 Å². The molecule has 0 radical (unpaired) electrons. The molecular weight excluding hydrogens is 222 g/mol. The highest BCUT2D eigenvalue weighted by atomic mass is 15.0. The Bertz CT molecular complexity index is 387. The van der Waals surface area contributed by atoms with Crippen LogP contribution in [0.25, 0.3) is 0 Å². The van der Waals surface area contributed by atoms with Crippen LogP contribution in [0.15, 0.2) is 25.0 Å². The van der Waals surface area contributed by atoms with Crippen LogP contribution >= 0.6 is 0 Å². The maximum absolute atomic E-state index is 4.37. The summed E-state index contributed by atoms with van der Waals surface area (Å²) in [5.41, 5.74) is 0.257. The van der Waals surface area contributed by atoms with Gasteiger partial charge >= 0.3 is 0 Å². The molecule has 1 atom stereocenters. The second kappa shape index (κ2) is 5.70. The summed E-state index contributed by atoms with van der Waals surface area (Å²) in [6.07, 6.45) is 7.96. The Morgan fingerprint density at radius 1 is 1.39 bits per heavy atom. The number of imidazole rings is 1. The topological polar surface area (TPSA) is 29.9 Å². The fraction of sp³-hybridized carbons (Fsp3) is 0.667. The van der Waals surface area contributed by atoms with Gasteiger partial charge in [-0.05, 0) is 32.6 Å². The van der Waals surface area contributed by atoms with Crippen molar-refractivity contribution in [3.05, 3.63) is 30.9 Å². The van der Waals surface area contributed by atoms with Crippen molar-refractivity contribution in [2.24, 2.45) is 12.5 Å². The molecule has 18 heavy (non-hydrogen) atoms. The Hall–Kier alpha value is -1.09. The van der Waals surface area contributed by atoms with Crippen molar-refractivity contribution in [3.8, 4) is 0 Å². The zero-order valence-electron chi connectivity index (χ0n) is 12.5. The third-order valence-corrected chi connectivity index (χ3v) is 3.36. The summed E-state index contributed by atoms with van der Waals surface area (Å²) in [6, 6.07) is 0. The first-order valence-electron chi connectivity index (χ1n) is 6.61. The summed E-state index contributed by atoms with van der Waals surface area (Å²) in [5.74, 6) is 1.14. The van der Waals surface area contributed by atoms with E-state index in [9.17, 15) is 0 Å². The molecule has 0 saturated carbocycles. The Morgan fingerprint density at radius 2 is 2.06 bits per heavy atom. The molecule has 102 valence electrons. The first-order chi connectivity index (χ1) is 8.26. The molecule has 0 saturated heterocycles. The Morgan fingerprint density at radius 3 is 2.50 bits per heavy atom. The second-order valence-electron chi connectivity index (χ2n) is 6.42. The van der Waals surface area contributed by atoms with Crippen LogP contribution in [-0.2, 0) is 13.5 Å². The van der Waals surface area contributed by atoms with Gasteiger partial charge in [0.25, 0.3) is 0 Å². The lowest BCUT2D eigenvalue weighted by molar-refractivity contribution is 0.306. The zero-order valence-corrected chi connectivity index (χ0v) is 12.5. The molecule has 1 N–H and O–H groups in total. The lowest BCUT2D eigenvalue weighted by Gasteiger charge is -2.31. The highest BCUT2D eigenvalue weighted by molar-refractivity contribution is 4.99. The van der Waals surface area contributed by atoms with Gasteiger partial charge in [0.1, 0.15) is 5.82 Å². The molecule has 0 aliphatic carbocycles. The summed E-state index contributed by atoms with van der Waals surface area (Å²) in [6.45, 7) is 13.8. The van der Waals surface area contributed by atoms with Crippen LogP contribution in [-0.4, -0.2) is 21.6 Å². The van der Waals surface area contributed by atoms with E-state index in [-0.39, 0.29) is 11.0 Å². The molecule has 1 heterocycles. The minimum atomic E-state index is 0.110. The number of rotatable bonds is 6. The van der Waals surface area contributed by atoms with E-state index in [4.69, 9.17) is 0 Å². The summed E-state index contributed by atoms with van der Waals surface area (Å²) in [4.78, 5) is 4.37. The number of hydrogen-bond donors (Lipinski definition) is 1. The van der Waals surface area contributed by atoms with Gasteiger partial charge in [0.2, 0.25) is 0 Å². The van der Waals surface area contributed by atoms with Crippen molar-refractivity contribution in [1.82, 2.24) is 14.9 Å². The lowest BCUT2D eigenvalue weighted by atomic mass is 9.84. The summed E-state index contributed by atoms with van der Waals surface area (Å²) < 4.78 is 2.08. The molecular formula is C15H27N3. The number of hydrogen-bond acceptors (Lipinski definition) is 2. The third kappa shape index (κ3) is 4.65. The minimum absolute atomic E-state index is 0.110. The van der Waals surface area contributed by atoms with E-state index in [0.717, 1.165) is 25.2 Å². The highest BCUT2D eigenvalue weighted by Crippen LogP contribution is 2.24. The minimum Gasteiger partial charge on any atom is -0.338 e. The van der Waals surface area contributed by atoms with E-state index in [1.807, 2.05) is 19.4 Å². The van der Waals surface area contributed by atoms with Crippen LogP contribution in [0.2, 0.25) is 0 Å². The summed E-state index contributed by atoms with van der Waals surface area (Å²) >= 11 is 0. The third-order valence-electron chi connectivity index (χ3n) is 3.36. The van der Waals surface area contributed by atoms with Crippen molar-refractivity contribution in [2.75, 3.05) is 6.54 Å². The molecule has 0 spiro atoms. The SMILES string of the molecule is C=CC(C)(CCc1nccn1C)CNC(C)(C)C. The maximum atomic E-state index is 4.37. The normalized spacial score (nSPS) is 15.4. The Balaban J connectivity index is 2.55. The molecule has 0 aromatic carbocycles. The van der Waals surface area contributed by atoms with Gasteiger partial charge in [0.15, 0.2) is 0 Å². The maximum Gasteiger partial charge on any atom is 0.108 e. The average Bonchev–Trinajstić information content (AvgIpc) is 2.69. The van der Waals surface area contributed by atoms with Crippen molar-refractivity contribution in [2.45, 2.75) is 46.1 Å². The van der Waals surface area contributed by atoms with Crippen LogP contribution < -0.4 is 5.32 Å². The van der Waals surface area contributed by atoms with Gasteiger partial charge < -0.3 is 9.88 Å². The van der Waals surface area contributed by atoms with Gasteiger partial charge in [-0.3, -0.25) is 0 Å². The molecule has 0 aliphatic heterocycles. The Kier molecular flexibility index (Phi) is 4.74. The first kappa shape index (κ1) is 15.0. The van der Waals surface area contributed by atoms with Gasteiger partial charge in [-0.15, -0.1) is 6.58 Å². The molecule has 1 aromatic heterocycles. The summed E-state index contributed by atoms with van der Waals surface area (Å²) in [5, 5.41) is 3.56. The van der Waals surface area contributed by atoms with Crippen molar-refractivity contribution in [1.29, 1.82) is 0 Å². The lowest BCUT2D eigenvalue weighted by Crippen LogP contribution is -2.42. The van der Waals surface area contributed by atoms with E-state index in [1.54, 1.807) is 0 Å². The Labute approximate surface area is 111 Å². The van der Waals surface area contributed by atoms with Crippen LogP contribution in [0.3, 0.4) is 0 Å². The molecule has 0 fully saturated rings. The van der Waals surface area contributed by atoms with E-state index in [0.29, 0.717) is 0 Å². The zero-order chi connectivity index (χ0) is 13.8. The largest absolute Gasteiger partial charge is 0.338 e. The van der Waals surface area contributed by atoms with Gasteiger partial charge in [0, 0.05) is 37.9 Å². The van der Waals surface area contributed by atoms with Crippen LogP contribution in [0.5, 0.6) is 0 Å². The van der Waals surface area contributed by atoms with Gasteiger partial charge in [-0.25, -0.2) is 4.98 Å². The van der Waals surface area contributed by atoms with E-state index >= 15 is 0 Å². The van der Waals surface area contributed by atoms with E-state index in [2.05, 4.69) is 55.2 Å². The quantitative estimate of drug-likeness (QED) is 0.786. The summed E-state index contributed by atoms with van der Waals surface area (Å²) in [7, 11) is 2.04. The predicted octanol–water partition coefficient (Wildman–Crippen LogP) is 2.93. The number of nitrogens with one attached hydrogen (secondary N) is 1. The molecule has 1 aromatic rings. The fourth-order valence-corrected chi connectivity index (χ4v) is 1.76. The van der Waals surface area contributed by atoms with E-state index in [1.165, 1.54) is 0 Å². The molecule has 1 unspecified atom stereocenters. The highest BCUT2D eigenvalue weighted by Gasteiger charge is 2.23. The number of nitrogens with zero attached hydrogens (tertiary/aromatic N) is 2. The van der Waals surface area contributed by atoms with E-state index < -0.39 is 0 Å². The van der Waals surface area contributed by atoms with Crippen molar-refractivity contribution >= 4 is 0 Å². The smallest absolute Gasteiger partial charge is 0.108 e. The monoisotopic (exact) mass is 249 g/mol. The first-order valence-corrected chi connectivity index (χ1v) is 6.61. The predicted molar refractivity (Wildman–Crippen MR) is 77.6 cm³/mol. The number of aryl methyl sites for hydroxylation is 2. The second-order valence-corrected chi connectivity index (χ2v) is 6.42. The van der Waals surface area contributed by atoms with Gasteiger partial charge in [-0.1, -0.05) is 13.0 Å². The van der Waals surface area contributed by atoms with Crippen LogP contribution in [0.1, 0.15) is 39.9 Å². The molecule has 3 nitrogen and oxygen atoms in total. The molecule has 0 aliphatic rings. The van der Waals surface area contributed by atoms with Crippen molar-refractivity contribution in [3.63, 3.8) is 0 Å². The van der Waals surface area contributed by atoms with Crippen LogP contribution in [0, 0.1) is 5.41 Å². The number of aromatic nitrogens is 2. The van der Waals surface area contributed by atoms with Gasteiger partial charge in [-0.2, -0.15) is 0 Å².